The van der Waals surface area contributed by atoms with Gasteiger partial charge in [-0.15, -0.1) is 0 Å². The van der Waals surface area contributed by atoms with E-state index in [0.29, 0.717) is 30.9 Å². The summed E-state index contributed by atoms with van der Waals surface area (Å²) in [4.78, 5) is 28.0. The fourth-order valence-electron chi connectivity index (χ4n) is 2.99. The number of carboxylic acids is 1. The minimum atomic E-state index is -0.946. The van der Waals surface area contributed by atoms with E-state index in [0.717, 1.165) is 16.8 Å². The zero-order chi connectivity index (χ0) is 20.6. The molecule has 7 heteroatoms. The predicted molar refractivity (Wildman–Crippen MR) is 108 cm³/mol. The summed E-state index contributed by atoms with van der Waals surface area (Å²) in [5.41, 5.74) is 2.31. The van der Waals surface area contributed by atoms with Gasteiger partial charge in [0, 0.05) is 19.4 Å². The quantitative estimate of drug-likeness (QED) is 0.546. The molecule has 0 fully saturated rings. The van der Waals surface area contributed by atoms with Crippen LogP contribution in [0.3, 0.4) is 0 Å². The number of carboxylic acid groups (broad SMARTS) is 1. The minimum Gasteiger partial charge on any atom is -0.494 e. The zero-order valence-electron chi connectivity index (χ0n) is 16.3. The molecule has 1 heterocycles. The Bertz CT molecular complexity index is 932. The maximum Gasteiger partial charge on any atom is 0.308 e. The first-order valence-corrected chi connectivity index (χ1v) is 9.61. The predicted octanol–water partition coefficient (Wildman–Crippen LogP) is 3.22. The molecule has 7 nitrogen and oxygen atoms in total. The Kier molecular flexibility index (Phi) is 6.84. The zero-order valence-corrected chi connectivity index (χ0v) is 16.3. The van der Waals surface area contributed by atoms with E-state index in [4.69, 9.17) is 9.15 Å². The van der Waals surface area contributed by atoms with Crippen molar-refractivity contribution in [3.05, 3.63) is 60.0 Å². The molecule has 1 aromatic heterocycles. The van der Waals surface area contributed by atoms with Gasteiger partial charge in [0.2, 0.25) is 5.91 Å². The number of hydrogen-bond donors (Lipinski definition) is 2. The van der Waals surface area contributed by atoms with E-state index in [1.807, 2.05) is 55.5 Å². The van der Waals surface area contributed by atoms with Gasteiger partial charge in [0.25, 0.3) is 0 Å². The summed E-state index contributed by atoms with van der Waals surface area (Å²) in [6.45, 7) is 2.54. The summed E-state index contributed by atoms with van der Waals surface area (Å²) in [5, 5.41) is 12.2. The topological polar surface area (TPSA) is 102 Å². The lowest BCUT2D eigenvalue weighted by molar-refractivity contribution is -0.141. The van der Waals surface area contributed by atoms with Crippen LogP contribution in [0.5, 0.6) is 5.75 Å². The Morgan fingerprint density at radius 1 is 1.17 bits per heavy atom. The third-order valence-corrected chi connectivity index (χ3v) is 4.52. The second kappa shape index (κ2) is 9.73. The van der Waals surface area contributed by atoms with Crippen LogP contribution in [-0.4, -0.2) is 35.1 Å². The van der Waals surface area contributed by atoms with Crippen molar-refractivity contribution in [2.24, 2.45) is 5.92 Å². The molecule has 3 rings (SSSR count). The Morgan fingerprint density at radius 2 is 1.93 bits per heavy atom. The van der Waals surface area contributed by atoms with Crippen LogP contribution in [0.2, 0.25) is 0 Å². The van der Waals surface area contributed by atoms with Gasteiger partial charge in [0.15, 0.2) is 11.5 Å². The fraction of sp³-hybridized carbons (Fsp3) is 0.318. The van der Waals surface area contributed by atoms with Crippen LogP contribution in [0.1, 0.15) is 24.8 Å². The molecule has 1 atom stereocenters. The Labute approximate surface area is 168 Å². The van der Waals surface area contributed by atoms with E-state index in [1.165, 1.54) is 0 Å². The van der Waals surface area contributed by atoms with E-state index in [2.05, 4.69) is 10.3 Å². The second-order valence-corrected chi connectivity index (χ2v) is 6.70. The molecule has 0 saturated heterocycles. The Balaban J connectivity index is 1.48. The van der Waals surface area contributed by atoms with Gasteiger partial charge >= 0.3 is 5.97 Å². The molecule has 0 radical (unpaired) electrons. The highest BCUT2D eigenvalue weighted by Gasteiger charge is 2.19. The molecule has 2 N–H and O–H groups in total. The number of oxazole rings is 1. The van der Waals surface area contributed by atoms with E-state index in [1.54, 1.807) is 0 Å². The largest absolute Gasteiger partial charge is 0.494 e. The Morgan fingerprint density at radius 3 is 2.62 bits per heavy atom. The molecule has 0 aliphatic carbocycles. The van der Waals surface area contributed by atoms with Crippen molar-refractivity contribution >= 4 is 23.0 Å². The monoisotopic (exact) mass is 396 g/mol. The third kappa shape index (κ3) is 5.81. The van der Waals surface area contributed by atoms with Crippen molar-refractivity contribution in [1.29, 1.82) is 0 Å². The van der Waals surface area contributed by atoms with Gasteiger partial charge in [0.05, 0.1) is 12.5 Å². The summed E-state index contributed by atoms with van der Waals surface area (Å²) < 4.78 is 11.0. The number of aryl methyl sites for hydroxylation is 1. The second-order valence-electron chi connectivity index (χ2n) is 6.70. The number of rotatable bonds is 10. The lowest BCUT2D eigenvalue weighted by Crippen LogP contribution is -2.34. The molecule has 2 aromatic carbocycles. The summed E-state index contributed by atoms with van der Waals surface area (Å²) in [7, 11) is 0. The number of para-hydroxylation sites is 2. The van der Waals surface area contributed by atoms with Crippen molar-refractivity contribution < 1.29 is 23.8 Å². The number of carbonyl (C=O) groups excluding carboxylic acids is 1. The number of amides is 1. The molecule has 3 aromatic rings. The minimum absolute atomic E-state index is 0.0644. The van der Waals surface area contributed by atoms with Crippen LogP contribution in [0, 0.1) is 5.92 Å². The van der Waals surface area contributed by atoms with Gasteiger partial charge < -0.3 is 19.6 Å². The van der Waals surface area contributed by atoms with E-state index < -0.39 is 11.9 Å². The first-order chi connectivity index (χ1) is 14.0. The number of nitrogens with one attached hydrogen (secondary N) is 1. The molecule has 1 unspecified atom stereocenters. The standard InChI is InChI=1S/C22H24N2O5/c1-2-28-17-9-7-15(8-10-17)13-16(22(26)27)14-23-20(25)11-12-21-24-18-5-3-4-6-19(18)29-21/h3-10,16H,2,11-14H2,1H3,(H,23,25)(H,26,27). The average molecular weight is 396 g/mol. The van der Waals surface area contributed by atoms with Crippen molar-refractivity contribution in [3.8, 4) is 5.75 Å². The highest BCUT2D eigenvalue weighted by Crippen LogP contribution is 2.17. The number of hydrogen-bond acceptors (Lipinski definition) is 5. The van der Waals surface area contributed by atoms with Crippen LogP contribution in [0.15, 0.2) is 52.9 Å². The van der Waals surface area contributed by atoms with Gasteiger partial charge in [-0.25, -0.2) is 4.98 Å². The van der Waals surface area contributed by atoms with Gasteiger partial charge in [-0.1, -0.05) is 24.3 Å². The fourth-order valence-corrected chi connectivity index (χ4v) is 2.99. The maximum atomic E-state index is 12.1. The van der Waals surface area contributed by atoms with Crippen LogP contribution < -0.4 is 10.1 Å². The van der Waals surface area contributed by atoms with Crippen molar-refractivity contribution in [1.82, 2.24) is 10.3 Å². The van der Waals surface area contributed by atoms with E-state index >= 15 is 0 Å². The number of aliphatic carboxylic acids is 1. The number of benzene rings is 2. The SMILES string of the molecule is CCOc1ccc(CC(CNC(=O)CCc2nc3ccccc3o2)C(=O)O)cc1. The van der Waals surface area contributed by atoms with Crippen LogP contribution >= 0.6 is 0 Å². The number of aromatic nitrogens is 1. The molecule has 0 saturated carbocycles. The Hall–Kier alpha value is -3.35. The van der Waals surface area contributed by atoms with Gasteiger partial charge in [0.1, 0.15) is 11.3 Å². The summed E-state index contributed by atoms with van der Waals surface area (Å²) in [5.74, 6) is -0.647. The summed E-state index contributed by atoms with van der Waals surface area (Å²) in [6.07, 6.45) is 0.868. The molecule has 1 amide bonds. The van der Waals surface area contributed by atoms with Gasteiger partial charge in [-0.3, -0.25) is 9.59 Å². The highest BCUT2D eigenvalue weighted by molar-refractivity contribution is 5.78. The van der Waals surface area contributed by atoms with Crippen molar-refractivity contribution in [3.63, 3.8) is 0 Å². The summed E-state index contributed by atoms with van der Waals surface area (Å²) in [6, 6.07) is 14.7. The van der Waals surface area contributed by atoms with Crippen molar-refractivity contribution in [2.75, 3.05) is 13.2 Å². The lowest BCUT2D eigenvalue weighted by atomic mass is 9.99. The number of ether oxygens (including phenoxy) is 1. The van der Waals surface area contributed by atoms with E-state index in [-0.39, 0.29) is 18.9 Å². The van der Waals surface area contributed by atoms with Crippen LogP contribution in [-0.2, 0) is 22.4 Å². The van der Waals surface area contributed by atoms with Gasteiger partial charge in [-0.05, 0) is 43.2 Å². The van der Waals surface area contributed by atoms with E-state index in [9.17, 15) is 14.7 Å². The van der Waals surface area contributed by atoms with Gasteiger partial charge in [-0.2, -0.15) is 0 Å². The highest BCUT2D eigenvalue weighted by atomic mass is 16.5. The smallest absolute Gasteiger partial charge is 0.308 e. The first-order valence-electron chi connectivity index (χ1n) is 9.61. The molecular weight excluding hydrogens is 372 g/mol. The normalized spacial score (nSPS) is 11.9. The molecule has 0 spiro atoms. The number of carbonyl (C=O) groups is 2. The van der Waals surface area contributed by atoms with Crippen LogP contribution in [0.4, 0.5) is 0 Å². The number of fused-ring (bicyclic) bond motifs is 1. The lowest BCUT2D eigenvalue weighted by Gasteiger charge is -2.14. The molecule has 0 bridgehead atoms. The number of nitrogens with zero attached hydrogens (tertiary/aromatic N) is 1. The molecular formula is C22H24N2O5. The average Bonchev–Trinajstić information content (AvgIpc) is 3.14. The maximum absolute atomic E-state index is 12.1. The molecule has 0 aliphatic heterocycles. The van der Waals surface area contributed by atoms with Crippen LogP contribution in [0.25, 0.3) is 11.1 Å². The van der Waals surface area contributed by atoms with Crippen molar-refractivity contribution in [2.45, 2.75) is 26.2 Å². The first kappa shape index (κ1) is 20.4. The molecule has 0 aliphatic rings. The third-order valence-electron chi connectivity index (χ3n) is 4.52. The molecule has 29 heavy (non-hydrogen) atoms. The molecule has 152 valence electrons. The summed E-state index contributed by atoms with van der Waals surface area (Å²) >= 11 is 0.